The molecule has 2 aliphatic rings. The van der Waals surface area contributed by atoms with Gasteiger partial charge in [-0.15, -0.1) is 11.3 Å². The zero-order chi connectivity index (χ0) is 24.2. The molecule has 0 bridgehead atoms. The average Bonchev–Trinajstić information content (AvgIpc) is 3.39. The Hall–Kier alpha value is -2.87. The molecule has 0 radical (unpaired) electrons. The van der Waals surface area contributed by atoms with Crippen molar-refractivity contribution in [3.8, 4) is 5.75 Å². The highest BCUT2D eigenvalue weighted by Crippen LogP contribution is 2.40. The van der Waals surface area contributed by atoms with Crippen LogP contribution in [0.1, 0.15) is 65.5 Å². The number of anilines is 1. The van der Waals surface area contributed by atoms with E-state index in [1.54, 1.807) is 13.8 Å². The Bertz CT molecular complexity index is 1090. The van der Waals surface area contributed by atoms with E-state index in [-0.39, 0.29) is 12.7 Å². The molecule has 7 nitrogen and oxygen atoms in total. The van der Waals surface area contributed by atoms with Gasteiger partial charge in [0.25, 0.3) is 5.91 Å². The Balaban J connectivity index is 1.33. The van der Waals surface area contributed by atoms with E-state index >= 15 is 0 Å². The molecule has 4 rings (SSSR count). The van der Waals surface area contributed by atoms with Crippen LogP contribution in [-0.4, -0.2) is 37.2 Å². The van der Waals surface area contributed by atoms with Gasteiger partial charge in [0.05, 0.1) is 11.7 Å². The SMILES string of the molecule is CC1CCc2c(sc(NC(=O)COC(=O)COc3ccc4c(c3)CCC4)c2C(=O)OC(C)C)C1. The Kier molecular flexibility index (Phi) is 7.56. The van der Waals surface area contributed by atoms with Crippen LogP contribution in [0.25, 0.3) is 0 Å². The van der Waals surface area contributed by atoms with E-state index in [4.69, 9.17) is 14.2 Å². The molecule has 0 saturated carbocycles. The van der Waals surface area contributed by atoms with Crippen molar-refractivity contribution in [1.29, 1.82) is 0 Å². The molecule has 1 aromatic carbocycles. The highest BCUT2D eigenvalue weighted by atomic mass is 32.1. The van der Waals surface area contributed by atoms with Crippen LogP contribution in [0, 0.1) is 5.92 Å². The van der Waals surface area contributed by atoms with Crippen LogP contribution in [0.2, 0.25) is 0 Å². The molecule has 1 N–H and O–H groups in total. The lowest BCUT2D eigenvalue weighted by Gasteiger charge is -2.18. The van der Waals surface area contributed by atoms with Crippen molar-refractivity contribution in [2.24, 2.45) is 5.92 Å². The van der Waals surface area contributed by atoms with Gasteiger partial charge in [-0.2, -0.15) is 0 Å². The van der Waals surface area contributed by atoms with Crippen molar-refractivity contribution in [1.82, 2.24) is 0 Å². The first-order chi connectivity index (χ1) is 16.3. The number of amides is 1. The summed E-state index contributed by atoms with van der Waals surface area (Å²) < 4.78 is 16.0. The fraction of sp³-hybridized carbons (Fsp3) is 0.500. The molecule has 2 aromatic rings. The molecule has 0 aliphatic heterocycles. The largest absolute Gasteiger partial charge is 0.482 e. The number of carbonyl (C=O) groups is 3. The maximum atomic E-state index is 12.8. The molecular weight excluding hydrogens is 454 g/mol. The molecule has 0 fully saturated rings. The normalized spacial score (nSPS) is 16.5. The lowest BCUT2D eigenvalue weighted by Crippen LogP contribution is -2.24. The third-order valence-corrected chi connectivity index (χ3v) is 7.27. The summed E-state index contributed by atoms with van der Waals surface area (Å²) in [5.74, 6) is -0.424. The Morgan fingerprint density at radius 2 is 1.91 bits per heavy atom. The van der Waals surface area contributed by atoms with Crippen molar-refractivity contribution < 1.29 is 28.6 Å². The van der Waals surface area contributed by atoms with Crippen LogP contribution in [0.15, 0.2) is 18.2 Å². The third kappa shape index (κ3) is 5.78. The van der Waals surface area contributed by atoms with Gasteiger partial charge in [0.15, 0.2) is 13.2 Å². The lowest BCUT2D eigenvalue weighted by atomic mass is 9.88. The van der Waals surface area contributed by atoms with Crippen molar-refractivity contribution in [3.63, 3.8) is 0 Å². The fourth-order valence-corrected chi connectivity index (χ4v) is 5.87. The van der Waals surface area contributed by atoms with Gasteiger partial charge in [-0.3, -0.25) is 4.79 Å². The molecule has 1 aromatic heterocycles. The summed E-state index contributed by atoms with van der Waals surface area (Å²) in [5, 5.41) is 3.21. The van der Waals surface area contributed by atoms with Gasteiger partial charge in [0.1, 0.15) is 10.8 Å². The van der Waals surface area contributed by atoms with E-state index in [0.717, 1.165) is 49.0 Å². The Morgan fingerprint density at radius 3 is 2.71 bits per heavy atom. The quantitative estimate of drug-likeness (QED) is 0.554. The molecule has 34 heavy (non-hydrogen) atoms. The lowest BCUT2D eigenvalue weighted by molar-refractivity contribution is -0.149. The molecule has 2 aliphatic carbocycles. The number of esters is 2. The number of benzene rings is 1. The van der Waals surface area contributed by atoms with Crippen LogP contribution in [-0.2, 0) is 44.7 Å². The van der Waals surface area contributed by atoms with E-state index in [2.05, 4.69) is 12.2 Å². The first-order valence-corrected chi connectivity index (χ1v) is 12.7. The van der Waals surface area contributed by atoms with Crippen molar-refractivity contribution in [2.75, 3.05) is 18.5 Å². The van der Waals surface area contributed by atoms with Gasteiger partial charge in [0.2, 0.25) is 0 Å². The van der Waals surface area contributed by atoms with Crippen LogP contribution >= 0.6 is 11.3 Å². The minimum Gasteiger partial charge on any atom is -0.482 e. The van der Waals surface area contributed by atoms with E-state index in [1.165, 1.54) is 22.5 Å². The molecule has 8 heteroatoms. The van der Waals surface area contributed by atoms with Crippen LogP contribution in [0.5, 0.6) is 5.75 Å². The number of aryl methyl sites for hydroxylation is 2. The number of nitrogens with one attached hydrogen (secondary N) is 1. The Labute approximate surface area is 203 Å². The molecular formula is C26H31NO6S. The van der Waals surface area contributed by atoms with Crippen molar-refractivity contribution >= 4 is 34.2 Å². The van der Waals surface area contributed by atoms with Gasteiger partial charge in [-0.25, -0.2) is 9.59 Å². The molecule has 182 valence electrons. The molecule has 0 spiro atoms. The fourth-order valence-electron chi connectivity index (χ4n) is 4.46. The van der Waals surface area contributed by atoms with Gasteiger partial charge < -0.3 is 19.5 Å². The van der Waals surface area contributed by atoms with Gasteiger partial charge in [0, 0.05) is 4.88 Å². The molecule has 1 amide bonds. The second kappa shape index (κ2) is 10.6. The highest BCUT2D eigenvalue weighted by molar-refractivity contribution is 7.17. The van der Waals surface area contributed by atoms with Crippen LogP contribution < -0.4 is 10.1 Å². The van der Waals surface area contributed by atoms with E-state index in [9.17, 15) is 14.4 Å². The minimum atomic E-state index is -0.630. The van der Waals surface area contributed by atoms with Crippen molar-refractivity contribution in [3.05, 3.63) is 45.3 Å². The summed E-state index contributed by atoms with van der Waals surface area (Å²) in [4.78, 5) is 38.5. The number of carbonyl (C=O) groups excluding carboxylic acids is 3. The molecule has 1 atom stereocenters. The van der Waals surface area contributed by atoms with Gasteiger partial charge in [-0.1, -0.05) is 13.0 Å². The van der Waals surface area contributed by atoms with Crippen molar-refractivity contribution in [2.45, 2.75) is 65.4 Å². The number of thiophene rings is 1. The van der Waals surface area contributed by atoms with Gasteiger partial charge in [-0.05, 0) is 87.1 Å². The number of hydrogen-bond acceptors (Lipinski definition) is 7. The van der Waals surface area contributed by atoms with E-state index < -0.39 is 24.5 Å². The smallest absolute Gasteiger partial charge is 0.344 e. The van der Waals surface area contributed by atoms with E-state index in [0.29, 0.717) is 22.2 Å². The monoisotopic (exact) mass is 485 g/mol. The summed E-state index contributed by atoms with van der Waals surface area (Å²) in [6.45, 7) is 5.03. The summed E-state index contributed by atoms with van der Waals surface area (Å²) in [6.07, 6.45) is 5.61. The summed E-state index contributed by atoms with van der Waals surface area (Å²) in [7, 11) is 0. The highest BCUT2D eigenvalue weighted by Gasteiger charge is 2.29. The minimum absolute atomic E-state index is 0.263. The number of rotatable bonds is 8. The standard InChI is InChI=1S/C26H31NO6S/c1-15(2)33-26(30)24-20-10-7-16(3)11-21(20)34-25(24)27-22(28)13-32-23(29)14-31-19-9-8-17-5-4-6-18(17)12-19/h8-9,12,15-16H,4-7,10-11,13-14H2,1-3H3,(H,27,28). The Morgan fingerprint density at radius 1 is 1.12 bits per heavy atom. The zero-order valence-electron chi connectivity index (χ0n) is 19.9. The summed E-state index contributed by atoms with van der Waals surface area (Å²) in [5.41, 5.74) is 3.97. The zero-order valence-corrected chi connectivity index (χ0v) is 20.7. The molecule has 0 saturated heterocycles. The van der Waals surface area contributed by atoms with Crippen LogP contribution in [0.3, 0.4) is 0 Å². The summed E-state index contributed by atoms with van der Waals surface area (Å²) in [6, 6.07) is 5.83. The van der Waals surface area contributed by atoms with Gasteiger partial charge >= 0.3 is 11.9 Å². The predicted molar refractivity (Wildman–Crippen MR) is 130 cm³/mol. The predicted octanol–water partition coefficient (Wildman–Crippen LogP) is 4.49. The third-order valence-electron chi connectivity index (χ3n) is 6.10. The first-order valence-electron chi connectivity index (χ1n) is 11.9. The maximum Gasteiger partial charge on any atom is 0.344 e. The maximum absolute atomic E-state index is 12.8. The number of fused-ring (bicyclic) bond motifs is 2. The molecule has 1 unspecified atom stereocenters. The topological polar surface area (TPSA) is 90.9 Å². The number of hydrogen-bond donors (Lipinski definition) is 1. The van der Waals surface area contributed by atoms with Crippen LogP contribution in [0.4, 0.5) is 5.00 Å². The number of ether oxygens (including phenoxy) is 3. The summed E-state index contributed by atoms with van der Waals surface area (Å²) >= 11 is 1.40. The second-order valence-corrected chi connectivity index (χ2v) is 10.4. The second-order valence-electron chi connectivity index (χ2n) is 9.29. The average molecular weight is 486 g/mol. The first kappa shape index (κ1) is 24.3. The van der Waals surface area contributed by atoms with E-state index in [1.807, 2.05) is 18.2 Å². The molecule has 1 heterocycles.